The van der Waals surface area contributed by atoms with E-state index in [0.29, 0.717) is 5.92 Å². The topological polar surface area (TPSA) is 43.8 Å². The molecule has 0 radical (unpaired) electrons. The Bertz CT molecular complexity index is 614. The summed E-state index contributed by atoms with van der Waals surface area (Å²) in [7, 11) is 0. The predicted molar refractivity (Wildman–Crippen MR) is 88.7 cm³/mol. The molecule has 0 amide bonds. The van der Waals surface area contributed by atoms with Crippen LogP contribution in [0.25, 0.3) is 11.3 Å². The molecule has 108 valence electrons. The van der Waals surface area contributed by atoms with Gasteiger partial charge < -0.3 is 10.3 Å². The van der Waals surface area contributed by atoms with Crippen LogP contribution in [0.4, 0.5) is 5.82 Å². The van der Waals surface area contributed by atoms with Crippen molar-refractivity contribution in [3.8, 4) is 11.3 Å². The zero-order chi connectivity index (χ0) is 14.9. The molecule has 2 aromatic rings. The van der Waals surface area contributed by atoms with Gasteiger partial charge in [0.2, 0.25) is 0 Å². The van der Waals surface area contributed by atoms with Gasteiger partial charge in [0.05, 0.1) is 0 Å². The van der Waals surface area contributed by atoms with E-state index in [1.165, 1.54) is 5.56 Å². The van der Waals surface area contributed by atoms with Gasteiger partial charge in [0.25, 0.3) is 0 Å². The number of nitrogens with zero attached hydrogens (tertiary/aromatic N) is 2. The molecule has 1 heterocycles. The highest BCUT2D eigenvalue weighted by Gasteiger charge is 2.17. The molecule has 2 rings (SSSR count). The number of halogens is 1. The Morgan fingerprint density at radius 1 is 1.35 bits per heavy atom. The molecule has 0 aliphatic carbocycles. The number of hydrogen-bond acceptors (Lipinski definition) is 2. The van der Waals surface area contributed by atoms with Crippen molar-refractivity contribution >= 4 is 21.7 Å². The minimum Gasteiger partial charge on any atom is -0.383 e. The van der Waals surface area contributed by atoms with Crippen LogP contribution in [-0.2, 0) is 13.0 Å². The molecule has 0 saturated carbocycles. The maximum Gasteiger partial charge on any atom is 0.131 e. The van der Waals surface area contributed by atoms with E-state index in [1.807, 2.05) is 0 Å². The fraction of sp³-hybridized carbons (Fsp3) is 0.438. The van der Waals surface area contributed by atoms with Gasteiger partial charge in [-0.3, -0.25) is 0 Å². The number of rotatable bonds is 4. The molecule has 3 nitrogen and oxygen atoms in total. The summed E-state index contributed by atoms with van der Waals surface area (Å²) in [4.78, 5) is 4.75. The Morgan fingerprint density at radius 3 is 2.60 bits per heavy atom. The zero-order valence-electron chi connectivity index (χ0n) is 12.6. The van der Waals surface area contributed by atoms with Crippen LogP contribution in [0.5, 0.6) is 0 Å². The highest BCUT2D eigenvalue weighted by Crippen LogP contribution is 2.33. The first-order valence-corrected chi connectivity index (χ1v) is 7.84. The number of benzene rings is 1. The molecular weight excluding hydrogens is 314 g/mol. The lowest BCUT2D eigenvalue weighted by Crippen LogP contribution is -2.11. The Hall–Kier alpha value is -1.29. The SMILES string of the molecule is CCc1nc(-c2ccc(C)cc2Br)c(N)n1CC(C)C. The highest BCUT2D eigenvalue weighted by atomic mass is 79.9. The second kappa shape index (κ2) is 6.00. The predicted octanol–water partition coefficient (Wildman–Crippen LogP) is 4.42. The average molecular weight is 336 g/mol. The van der Waals surface area contributed by atoms with Crippen LogP contribution in [0.3, 0.4) is 0 Å². The molecule has 4 heteroatoms. The monoisotopic (exact) mass is 335 g/mol. The Morgan fingerprint density at radius 2 is 2.05 bits per heavy atom. The van der Waals surface area contributed by atoms with E-state index in [2.05, 4.69) is 66.4 Å². The molecule has 0 spiro atoms. The number of anilines is 1. The van der Waals surface area contributed by atoms with Crippen LogP contribution < -0.4 is 5.73 Å². The van der Waals surface area contributed by atoms with Gasteiger partial charge >= 0.3 is 0 Å². The molecule has 0 aliphatic rings. The summed E-state index contributed by atoms with van der Waals surface area (Å²) in [5.74, 6) is 2.37. The summed E-state index contributed by atoms with van der Waals surface area (Å²) in [5, 5.41) is 0. The average Bonchev–Trinajstić information content (AvgIpc) is 2.67. The first-order chi connectivity index (χ1) is 9.43. The number of aryl methyl sites for hydroxylation is 2. The lowest BCUT2D eigenvalue weighted by Gasteiger charge is -2.11. The number of nitrogen functional groups attached to an aromatic ring is 1. The van der Waals surface area contributed by atoms with Crippen LogP contribution in [0.2, 0.25) is 0 Å². The van der Waals surface area contributed by atoms with Crippen LogP contribution in [0, 0.1) is 12.8 Å². The van der Waals surface area contributed by atoms with Gasteiger partial charge in [-0.1, -0.05) is 48.8 Å². The zero-order valence-corrected chi connectivity index (χ0v) is 14.2. The van der Waals surface area contributed by atoms with Crippen molar-refractivity contribution in [1.29, 1.82) is 0 Å². The Kier molecular flexibility index (Phi) is 4.53. The normalized spacial score (nSPS) is 11.3. The van der Waals surface area contributed by atoms with Gasteiger partial charge in [0.1, 0.15) is 17.3 Å². The summed E-state index contributed by atoms with van der Waals surface area (Å²) < 4.78 is 3.19. The molecule has 0 fully saturated rings. The van der Waals surface area contributed by atoms with Crippen LogP contribution in [-0.4, -0.2) is 9.55 Å². The maximum atomic E-state index is 6.35. The summed E-state index contributed by atoms with van der Waals surface area (Å²) >= 11 is 3.62. The van der Waals surface area contributed by atoms with E-state index in [0.717, 1.165) is 40.3 Å². The van der Waals surface area contributed by atoms with Gasteiger partial charge in [0.15, 0.2) is 0 Å². The maximum absolute atomic E-state index is 6.35. The number of nitrogens with two attached hydrogens (primary N) is 1. The number of aromatic nitrogens is 2. The second-order valence-corrected chi connectivity index (χ2v) is 6.46. The molecule has 1 aromatic carbocycles. The largest absolute Gasteiger partial charge is 0.383 e. The van der Waals surface area contributed by atoms with E-state index in [9.17, 15) is 0 Å². The van der Waals surface area contributed by atoms with E-state index in [4.69, 9.17) is 10.7 Å². The lowest BCUT2D eigenvalue weighted by atomic mass is 10.1. The fourth-order valence-electron chi connectivity index (χ4n) is 2.36. The van der Waals surface area contributed by atoms with Crippen LogP contribution in [0.15, 0.2) is 22.7 Å². The van der Waals surface area contributed by atoms with Gasteiger partial charge in [-0.2, -0.15) is 0 Å². The molecule has 0 bridgehead atoms. The minimum atomic E-state index is 0.547. The van der Waals surface area contributed by atoms with Gasteiger partial charge in [-0.05, 0) is 24.5 Å². The number of hydrogen-bond donors (Lipinski definition) is 1. The standard InChI is InChI=1S/C16H22BrN3/c1-5-14-19-15(16(18)20(14)9-10(2)3)12-7-6-11(4)8-13(12)17/h6-8,10H,5,9,18H2,1-4H3. The quantitative estimate of drug-likeness (QED) is 0.898. The van der Waals surface area contributed by atoms with E-state index < -0.39 is 0 Å². The van der Waals surface area contributed by atoms with Crippen molar-refractivity contribution in [2.45, 2.75) is 40.7 Å². The summed E-state index contributed by atoms with van der Waals surface area (Å²) in [6, 6.07) is 6.27. The first-order valence-electron chi connectivity index (χ1n) is 7.05. The third-order valence-corrected chi connectivity index (χ3v) is 3.99. The molecule has 20 heavy (non-hydrogen) atoms. The molecule has 0 atom stereocenters. The summed E-state index contributed by atoms with van der Waals surface area (Å²) in [6.45, 7) is 9.49. The smallest absolute Gasteiger partial charge is 0.131 e. The first kappa shape index (κ1) is 15.1. The summed E-state index contributed by atoms with van der Waals surface area (Å²) in [5.41, 5.74) is 9.51. The van der Waals surface area contributed by atoms with Crippen molar-refractivity contribution in [2.24, 2.45) is 5.92 Å². The lowest BCUT2D eigenvalue weighted by molar-refractivity contribution is 0.513. The molecule has 0 saturated heterocycles. The number of imidazole rings is 1. The highest BCUT2D eigenvalue weighted by molar-refractivity contribution is 9.10. The van der Waals surface area contributed by atoms with Crippen molar-refractivity contribution in [3.63, 3.8) is 0 Å². The molecule has 0 unspecified atom stereocenters. The van der Waals surface area contributed by atoms with Gasteiger partial charge in [-0.25, -0.2) is 4.98 Å². The molecule has 0 aliphatic heterocycles. The third kappa shape index (κ3) is 2.90. The molecule has 2 N–H and O–H groups in total. The molecule has 1 aromatic heterocycles. The van der Waals surface area contributed by atoms with Crippen molar-refractivity contribution in [1.82, 2.24) is 9.55 Å². The molecular formula is C16H22BrN3. The van der Waals surface area contributed by atoms with E-state index >= 15 is 0 Å². The second-order valence-electron chi connectivity index (χ2n) is 5.60. The Labute approximate surface area is 129 Å². The van der Waals surface area contributed by atoms with E-state index in [-0.39, 0.29) is 0 Å². The van der Waals surface area contributed by atoms with Gasteiger partial charge in [0, 0.05) is 23.0 Å². The van der Waals surface area contributed by atoms with Crippen molar-refractivity contribution in [2.75, 3.05) is 5.73 Å². The summed E-state index contributed by atoms with van der Waals surface area (Å²) in [6.07, 6.45) is 0.889. The minimum absolute atomic E-state index is 0.547. The van der Waals surface area contributed by atoms with Crippen molar-refractivity contribution < 1.29 is 0 Å². The third-order valence-electron chi connectivity index (χ3n) is 3.33. The van der Waals surface area contributed by atoms with Gasteiger partial charge in [-0.15, -0.1) is 0 Å². The fourth-order valence-corrected chi connectivity index (χ4v) is 3.04. The van der Waals surface area contributed by atoms with Crippen LogP contribution >= 0.6 is 15.9 Å². The van der Waals surface area contributed by atoms with E-state index in [1.54, 1.807) is 0 Å². The van der Waals surface area contributed by atoms with Crippen LogP contribution in [0.1, 0.15) is 32.2 Å². The van der Waals surface area contributed by atoms with Crippen molar-refractivity contribution in [3.05, 3.63) is 34.1 Å². The Balaban J connectivity index is 2.54.